The van der Waals surface area contributed by atoms with E-state index in [-0.39, 0.29) is 12.1 Å². The Labute approximate surface area is 115 Å². The molecule has 4 nitrogen and oxygen atoms in total. The topological polar surface area (TPSA) is 50.4 Å². The van der Waals surface area contributed by atoms with Gasteiger partial charge in [-0.1, -0.05) is 19.9 Å². The maximum absolute atomic E-state index is 11.9. The number of anilines is 1. The molecule has 0 atom stereocenters. The maximum Gasteiger partial charge on any atom is 0.319 e. The first-order chi connectivity index (χ1) is 9.10. The third-order valence-electron chi connectivity index (χ3n) is 3.01. The van der Waals surface area contributed by atoms with E-state index in [0.29, 0.717) is 18.0 Å². The highest BCUT2D eigenvalue weighted by Gasteiger charge is 2.11. The number of nitrogens with one attached hydrogen (secondary N) is 2. The van der Waals surface area contributed by atoms with Gasteiger partial charge in [-0.3, -0.25) is 0 Å². The number of amides is 2. The van der Waals surface area contributed by atoms with E-state index in [1.54, 1.807) is 0 Å². The summed E-state index contributed by atoms with van der Waals surface area (Å²) in [5, 5.41) is 5.79. The van der Waals surface area contributed by atoms with Crippen molar-refractivity contribution in [3.63, 3.8) is 0 Å². The van der Waals surface area contributed by atoms with Crippen LogP contribution in [0.25, 0.3) is 0 Å². The lowest BCUT2D eigenvalue weighted by Gasteiger charge is -2.17. The van der Waals surface area contributed by atoms with Crippen molar-refractivity contribution in [3.05, 3.63) is 23.8 Å². The molecule has 2 N–H and O–H groups in total. The van der Waals surface area contributed by atoms with Crippen molar-refractivity contribution in [3.8, 4) is 5.75 Å². The van der Waals surface area contributed by atoms with Crippen molar-refractivity contribution in [1.29, 1.82) is 0 Å². The molecular formula is C15H24N2O2. The molecule has 0 spiro atoms. The van der Waals surface area contributed by atoms with Crippen LogP contribution in [0.2, 0.25) is 0 Å². The van der Waals surface area contributed by atoms with Crippen LogP contribution in [0.4, 0.5) is 10.5 Å². The van der Waals surface area contributed by atoms with Gasteiger partial charge in [-0.05, 0) is 44.4 Å². The van der Waals surface area contributed by atoms with E-state index < -0.39 is 0 Å². The fourth-order valence-electron chi connectivity index (χ4n) is 1.84. The molecule has 19 heavy (non-hydrogen) atoms. The molecular weight excluding hydrogens is 240 g/mol. The van der Waals surface area contributed by atoms with E-state index in [1.165, 1.54) is 0 Å². The molecule has 1 aromatic rings. The van der Waals surface area contributed by atoms with Gasteiger partial charge in [0.2, 0.25) is 0 Å². The van der Waals surface area contributed by atoms with Gasteiger partial charge in [-0.15, -0.1) is 0 Å². The summed E-state index contributed by atoms with van der Waals surface area (Å²) >= 11 is 0. The van der Waals surface area contributed by atoms with E-state index in [0.717, 1.165) is 18.4 Å². The number of carbonyl (C=O) groups is 1. The van der Waals surface area contributed by atoms with Crippen LogP contribution in [-0.2, 0) is 0 Å². The van der Waals surface area contributed by atoms with Crippen LogP contribution in [0, 0.1) is 6.92 Å². The number of benzene rings is 1. The zero-order chi connectivity index (χ0) is 14.3. The molecule has 0 unspecified atom stereocenters. The molecule has 0 aliphatic heterocycles. The van der Waals surface area contributed by atoms with Gasteiger partial charge in [0.25, 0.3) is 0 Å². The highest BCUT2D eigenvalue weighted by atomic mass is 16.5. The summed E-state index contributed by atoms with van der Waals surface area (Å²) in [5.74, 6) is 0.710. The quantitative estimate of drug-likeness (QED) is 0.823. The Morgan fingerprint density at radius 1 is 1.26 bits per heavy atom. The number of aryl methyl sites for hydroxylation is 1. The molecule has 0 aliphatic rings. The van der Waals surface area contributed by atoms with E-state index >= 15 is 0 Å². The van der Waals surface area contributed by atoms with Gasteiger partial charge >= 0.3 is 6.03 Å². The van der Waals surface area contributed by atoms with E-state index in [2.05, 4.69) is 24.5 Å². The highest BCUT2D eigenvalue weighted by molar-refractivity contribution is 5.91. The molecule has 0 bridgehead atoms. The van der Waals surface area contributed by atoms with Crippen molar-refractivity contribution in [2.45, 2.75) is 46.6 Å². The number of hydrogen-bond donors (Lipinski definition) is 2. The van der Waals surface area contributed by atoms with E-state index in [9.17, 15) is 4.79 Å². The molecule has 0 heterocycles. The van der Waals surface area contributed by atoms with Crippen molar-refractivity contribution >= 4 is 11.7 Å². The minimum Gasteiger partial charge on any atom is -0.492 e. The Morgan fingerprint density at radius 3 is 2.53 bits per heavy atom. The number of rotatable bonds is 6. The lowest BCUT2D eigenvalue weighted by molar-refractivity contribution is 0.247. The number of ether oxygens (including phenoxy) is 1. The summed E-state index contributed by atoms with van der Waals surface area (Å²) in [6.07, 6.45) is 1.85. The van der Waals surface area contributed by atoms with Gasteiger partial charge in [0.15, 0.2) is 0 Å². The Bertz CT molecular complexity index is 415. The summed E-state index contributed by atoms with van der Waals surface area (Å²) < 4.78 is 5.53. The van der Waals surface area contributed by atoms with E-state index in [4.69, 9.17) is 4.74 Å². The van der Waals surface area contributed by atoms with Crippen LogP contribution in [0.15, 0.2) is 18.2 Å². The molecule has 1 aromatic carbocycles. The predicted octanol–water partition coefficient (Wildman–Crippen LogP) is 3.70. The van der Waals surface area contributed by atoms with Gasteiger partial charge in [-0.2, -0.15) is 0 Å². The fourth-order valence-corrected chi connectivity index (χ4v) is 1.84. The van der Waals surface area contributed by atoms with Crippen LogP contribution >= 0.6 is 0 Å². The molecule has 0 saturated carbocycles. The monoisotopic (exact) mass is 264 g/mol. The second kappa shape index (κ2) is 7.67. The molecule has 0 aliphatic carbocycles. The standard InChI is InChI=1S/C15H24N2O2/c1-5-12(6-2)16-15(18)17-13-9-8-11(4)10-14(13)19-7-3/h8-10,12H,5-7H2,1-4H3,(H2,16,17,18). The molecule has 0 aromatic heterocycles. The van der Waals surface area contributed by atoms with Crippen molar-refractivity contribution < 1.29 is 9.53 Å². The minimum absolute atomic E-state index is 0.182. The Morgan fingerprint density at radius 2 is 1.95 bits per heavy atom. The molecule has 4 heteroatoms. The second-order valence-corrected chi connectivity index (χ2v) is 4.54. The first-order valence-corrected chi connectivity index (χ1v) is 6.91. The van der Waals surface area contributed by atoms with Crippen LogP contribution < -0.4 is 15.4 Å². The van der Waals surface area contributed by atoms with E-state index in [1.807, 2.05) is 32.0 Å². The molecule has 1 rings (SSSR count). The molecule has 2 amide bonds. The maximum atomic E-state index is 11.9. The molecule has 106 valence electrons. The molecule has 0 fully saturated rings. The SMILES string of the molecule is CCOc1cc(C)ccc1NC(=O)NC(CC)CC. The summed E-state index contributed by atoms with van der Waals surface area (Å²) in [5.41, 5.74) is 1.81. The second-order valence-electron chi connectivity index (χ2n) is 4.54. The third kappa shape index (κ3) is 4.81. The normalized spacial score (nSPS) is 10.4. The van der Waals surface area contributed by atoms with Crippen LogP contribution in [-0.4, -0.2) is 18.7 Å². The summed E-state index contributed by atoms with van der Waals surface area (Å²) in [7, 11) is 0. The van der Waals surface area contributed by atoms with Crippen molar-refractivity contribution in [1.82, 2.24) is 5.32 Å². The summed E-state index contributed by atoms with van der Waals surface area (Å²) in [6, 6.07) is 5.78. The van der Waals surface area contributed by atoms with Gasteiger partial charge in [0, 0.05) is 6.04 Å². The zero-order valence-electron chi connectivity index (χ0n) is 12.2. The lowest BCUT2D eigenvalue weighted by Crippen LogP contribution is -2.37. The van der Waals surface area contributed by atoms with Crippen LogP contribution in [0.5, 0.6) is 5.75 Å². The van der Waals surface area contributed by atoms with Crippen LogP contribution in [0.3, 0.4) is 0 Å². The summed E-state index contributed by atoms with van der Waals surface area (Å²) in [4.78, 5) is 11.9. The predicted molar refractivity (Wildman–Crippen MR) is 78.9 cm³/mol. The first-order valence-electron chi connectivity index (χ1n) is 6.91. The Kier molecular flexibility index (Phi) is 6.19. The Balaban J connectivity index is 2.72. The van der Waals surface area contributed by atoms with Crippen molar-refractivity contribution in [2.75, 3.05) is 11.9 Å². The van der Waals surface area contributed by atoms with Gasteiger partial charge in [0.1, 0.15) is 5.75 Å². The average molecular weight is 264 g/mol. The first kappa shape index (κ1) is 15.3. The zero-order valence-corrected chi connectivity index (χ0v) is 12.2. The van der Waals surface area contributed by atoms with Crippen molar-refractivity contribution in [2.24, 2.45) is 0 Å². The third-order valence-corrected chi connectivity index (χ3v) is 3.01. The smallest absolute Gasteiger partial charge is 0.319 e. The van der Waals surface area contributed by atoms with Gasteiger partial charge in [0.05, 0.1) is 12.3 Å². The van der Waals surface area contributed by atoms with Crippen LogP contribution in [0.1, 0.15) is 39.2 Å². The largest absolute Gasteiger partial charge is 0.492 e. The average Bonchev–Trinajstić information content (AvgIpc) is 2.39. The fraction of sp³-hybridized carbons (Fsp3) is 0.533. The lowest BCUT2D eigenvalue weighted by atomic mass is 10.2. The number of urea groups is 1. The van der Waals surface area contributed by atoms with Gasteiger partial charge in [-0.25, -0.2) is 4.79 Å². The highest BCUT2D eigenvalue weighted by Crippen LogP contribution is 2.25. The number of carbonyl (C=O) groups excluding carboxylic acids is 1. The van der Waals surface area contributed by atoms with Gasteiger partial charge < -0.3 is 15.4 Å². The molecule has 0 radical (unpaired) electrons. The molecule has 0 saturated heterocycles. The minimum atomic E-state index is -0.182. The Hall–Kier alpha value is -1.71. The number of hydrogen-bond acceptors (Lipinski definition) is 2. The summed E-state index contributed by atoms with van der Waals surface area (Å²) in [6.45, 7) is 8.62.